The second-order valence-electron chi connectivity index (χ2n) is 6.39. The first-order valence-electron chi connectivity index (χ1n) is 9.42. The van der Waals surface area contributed by atoms with Crippen molar-refractivity contribution >= 4 is 29.3 Å². The molecule has 0 bridgehead atoms. The number of carbonyl (C=O) groups is 4. The summed E-state index contributed by atoms with van der Waals surface area (Å²) in [5, 5.41) is 5.05. The first kappa shape index (κ1) is 22.6. The predicted octanol–water partition coefficient (Wildman–Crippen LogP) is 2.59. The Morgan fingerprint density at radius 3 is 2.10 bits per heavy atom. The van der Waals surface area contributed by atoms with Gasteiger partial charge in [-0.1, -0.05) is 0 Å². The zero-order chi connectivity index (χ0) is 22.1. The fraction of sp³-hybridized carbons (Fsp3) is 0.273. The molecule has 2 aromatic rings. The maximum absolute atomic E-state index is 12.4. The number of hydrogen-bond donors (Lipinski definition) is 2. The lowest BCUT2D eigenvalue weighted by Crippen LogP contribution is -2.34. The molecule has 0 unspecified atom stereocenters. The van der Waals surface area contributed by atoms with E-state index in [1.165, 1.54) is 26.0 Å². The van der Waals surface area contributed by atoms with E-state index >= 15 is 0 Å². The van der Waals surface area contributed by atoms with Crippen molar-refractivity contribution in [3.05, 3.63) is 59.7 Å². The topological polar surface area (TPSA) is 111 Å². The number of Topliss-reactive ketones (excluding diaryl/α,β-unsaturated/α-hetero) is 1. The van der Waals surface area contributed by atoms with Crippen LogP contribution in [0.2, 0.25) is 0 Å². The molecule has 0 heterocycles. The zero-order valence-corrected chi connectivity index (χ0v) is 17.1. The highest BCUT2D eigenvalue weighted by Crippen LogP contribution is 2.13. The molecule has 2 amide bonds. The molecule has 0 aromatic heterocycles. The summed E-state index contributed by atoms with van der Waals surface area (Å²) in [6.07, 6.45) is -1.02. The van der Waals surface area contributed by atoms with Gasteiger partial charge >= 0.3 is 5.97 Å². The third kappa shape index (κ3) is 6.73. The minimum Gasteiger partial charge on any atom is -0.494 e. The average Bonchev–Trinajstić information content (AvgIpc) is 2.72. The smallest absolute Gasteiger partial charge is 0.326 e. The fourth-order valence-corrected chi connectivity index (χ4v) is 2.57. The maximum atomic E-state index is 12.4. The summed E-state index contributed by atoms with van der Waals surface area (Å²) in [6.45, 7) is 4.85. The Kier molecular flexibility index (Phi) is 8.10. The van der Waals surface area contributed by atoms with Crippen LogP contribution < -0.4 is 15.4 Å². The molecule has 2 rings (SSSR count). The average molecular weight is 412 g/mol. The summed E-state index contributed by atoms with van der Waals surface area (Å²) in [6, 6.07) is 12.7. The lowest BCUT2D eigenvalue weighted by atomic mass is 10.1. The lowest BCUT2D eigenvalue weighted by Gasteiger charge is -2.13. The third-order valence-corrected chi connectivity index (χ3v) is 3.99. The van der Waals surface area contributed by atoms with Crippen LogP contribution >= 0.6 is 0 Å². The van der Waals surface area contributed by atoms with E-state index in [1.54, 1.807) is 36.4 Å². The summed E-state index contributed by atoms with van der Waals surface area (Å²) in [5.41, 5.74) is 1.26. The van der Waals surface area contributed by atoms with Crippen molar-refractivity contribution in [3.8, 4) is 5.75 Å². The molecule has 30 heavy (non-hydrogen) atoms. The number of ether oxygens (including phenoxy) is 2. The molecule has 8 heteroatoms. The highest BCUT2D eigenvalue weighted by atomic mass is 16.5. The molecule has 0 aliphatic heterocycles. The Balaban J connectivity index is 1.83. The van der Waals surface area contributed by atoms with E-state index in [-0.39, 0.29) is 12.5 Å². The van der Waals surface area contributed by atoms with Crippen LogP contribution in [0, 0.1) is 0 Å². The summed E-state index contributed by atoms with van der Waals surface area (Å²) in [5.74, 6) is -1.14. The number of nitrogens with one attached hydrogen (secondary N) is 2. The molecule has 1 atom stereocenters. The van der Waals surface area contributed by atoms with Crippen molar-refractivity contribution in [2.24, 2.45) is 0 Å². The molecule has 8 nitrogen and oxygen atoms in total. The summed E-state index contributed by atoms with van der Waals surface area (Å²) in [7, 11) is 0. The minimum atomic E-state index is -1.02. The van der Waals surface area contributed by atoms with Crippen molar-refractivity contribution in [3.63, 3.8) is 0 Å². The van der Waals surface area contributed by atoms with Crippen LogP contribution in [0.25, 0.3) is 0 Å². The summed E-state index contributed by atoms with van der Waals surface area (Å²) in [4.78, 5) is 47.5. The number of esters is 1. The van der Waals surface area contributed by atoms with E-state index in [0.717, 1.165) is 0 Å². The van der Waals surface area contributed by atoms with E-state index in [1.807, 2.05) is 6.92 Å². The number of rotatable bonds is 9. The highest BCUT2D eigenvalue weighted by molar-refractivity contribution is 6.01. The number of anilines is 1. The van der Waals surface area contributed by atoms with Gasteiger partial charge in [-0.3, -0.25) is 19.2 Å². The molecule has 2 N–H and O–H groups in total. The first-order chi connectivity index (χ1) is 14.3. The van der Waals surface area contributed by atoms with Crippen molar-refractivity contribution in [1.82, 2.24) is 5.32 Å². The molecule has 0 saturated heterocycles. The van der Waals surface area contributed by atoms with Crippen molar-refractivity contribution < 1.29 is 28.7 Å². The van der Waals surface area contributed by atoms with E-state index in [0.29, 0.717) is 29.2 Å². The van der Waals surface area contributed by atoms with E-state index in [4.69, 9.17) is 9.47 Å². The van der Waals surface area contributed by atoms with E-state index in [9.17, 15) is 19.2 Å². The van der Waals surface area contributed by atoms with Gasteiger partial charge in [-0.05, 0) is 62.4 Å². The van der Waals surface area contributed by atoms with Crippen LogP contribution in [0.15, 0.2) is 48.5 Å². The van der Waals surface area contributed by atoms with Crippen LogP contribution in [-0.2, 0) is 14.3 Å². The molecule has 0 aliphatic carbocycles. The summed E-state index contributed by atoms with van der Waals surface area (Å²) < 4.78 is 10.4. The molecule has 0 saturated carbocycles. The van der Waals surface area contributed by atoms with Gasteiger partial charge in [-0.25, -0.2) is 0 Å². The zero-order valence-electron chi connectivity index (χ0n) is 17.1. The van der Waals surface area contributed by atoms with Crippen LogP contribution in [0.1, 0.15) is 41.5 Å². The molecule has 158 valence electrons. The van der Waals surface area contributed by atoms with Crippen molar-refractivity contribution in [2.45, 2.75) is 26.9 Å². The SMILES string of the molecule is CCOc1ccc(C(=O)NCC(=O)O[C@@H](C)C(=O)c2ccc(NC(C)=O)cc2)cc1. The van der Waals surface area contributed by atoms with E-state index < -0.39 is 23.8 Å². The molecule has 0 aliphatic rings. The molecular weight excluding hydrogens is 388 g/mol. The van der Waals surface area contributed by atoms with Crippen LogP contribution in [0.3, 0.4) is 0 Å². The predicted molar refractivity (Wildman–Crippen MR) is 111 cm³/mol. The normalized spacial score (nSPS) is 11.2. The van der Waals surface area contributed by atoms with Gasteiger partial charge in [-0.15, -0.1) is 0 Å². The Morgan fingerprint density at radius 1 is 0.933 bits per heavy atom. The monoisotopic (exact) mass is 412 g/mol. The largest absolute Gasteiger partial charge is 0.494 e. The van der Waals surface area contributed by atoms with Gasteiger partial charge in [0.1, 0.15) is 12.3 Å². The minimum absolute atomic E-state index is 0.219. The van der Waals surface area contributed by atoms with Gasteiger partial charge in [0.2, 0.25) is 11.7 Å². The summed E-state index contributed by atoms with van der Waals surface area (Å²) >= 11 is 0. The van der Waals surface area contributed by atoms with Gasteiger partial charge in [0.25, 0.3) is 5.91 Å². The number of ketones is 1. The van der Waals surface area contributed by atoms with Gasteiger partial charge in [0, 0.05) is 23.7 Å². The van der Waals surface area contributed by atoms with Gasteiger partial charge in [0.05, 0.1) is 6.61 Å². The van der Waals surface area contributed by atoms with Crippen LogP contribution in [0.4, 0.5) is 5.69 Å². The highest BCUT2D eigenvalue weighted by Gasteiger charge is 2.20. The lowest BCUT2D eigenvalue weighted by molar-refractivity contribution is -0.145. The molecule has 0 radical (unpaired) electrons. The van der Waals surface area contributed by atoms with E-state index in [2.05, 4.69) is 10.6 Å². The Hall–Kier alpha value is -3.68. The first-order valence-corrected chi connectivity index (χ1v) is 9.42. The second-order valence-corrected chi connectivity index (χ2v) is 6.39. The van der Waals surface area contributed by atoms with Gasteiger partial charge < -0.3 is 20.1 Å². The van der Waals surface area contributed by atoms with Crippen molar-refractivity contribution in [2.75, 3.05) is 18.5 Å². The fourth-order valence-electron chi connectivity index (χ4n) is 2.57. The van der Waals surface area contributed by atoms with Gasteiger partial charge in [-0.2, -0.15) is 0 Å². The van der Waals surface area contributed by atoms with Crippen LogP contribution in [0.5, 0.6) is 5.75 Å². The molecule has 0 spiro atoms. The van der Waals surface area contributed by atoms with Crippen molar-refractivity contribution in [1.29, 1.82) is 0 Å². The number of amides is 2. The Bertz CT molecular complexity index is 906. The Labute approximate surface area is 174 Å². The molecule has 0 fully saturated rings. The number of hydrogen-bond acceptors (Lipinski definition) is 6. The molecule has 2 aromatic carbocycles. The molecular formula is C22H24N2O6. The standard InChI is InChI=1S/C22H24N2O6/c1-4-29-19-11-7-17(8-12-19)22(28)23-13-20(26)30-14(2)21(27)16-5-9-18(10-6-16)24-15(3)25/h5-12,14H,4,13H2,1-3H3,(H,23,28)(H,24,25)/t14-/m0/s1. The second kappa shape index (κ2) is 10.8. The number of benzene rings is 2. The van der Waals surface area contributed by atoms with Crippen LogP contribution in [-0.4, -0.2) is 42.8 Å². The van der Waals surface area contributed by atoms with Gasteiger partial charge in [0.15, 0.2) is 6.10 Å². The Morgan fingerprint density at radius 2 is 1.53 bits per heavy atom. The quantitative estimate of drug-likeness (QED) is 0.484. The number of carbonyl (C=O) groups excluding carboxylic acids is 4. The third-order valence-electron chi connectivity index (χ3n) is 3.99. The maximum Gasteiger partial charge on any atom is 0.326 e.